The number of furan rings is 1. The normalized spacial score (nSPS) is 10.6. The summed E-state index contributed by atoms with van der Waals surface area (Å²) in [6, 6.07) is 5.49. The molecule has 2 N–H and O–H groups in total. The Morgan fingerprint density at radius 2 is 2.18 bits per heavy atom. The molecule has 0 aliphatic carbocycles. The van der Waals surface area contributed by atoms with Gasteiger partial charge in [-0.2, -0.15) is 0 Å². The highest BCUT2D eigenvalue weighted by Gasteiger charge is 2.04. The van der Waals surface area contributed by atoms with Crippen LogP contribution in [0.4, 0.5) is 5.69 Å². The van der Waals surface area contributed by atoms with Gasteiger partial charge in [0.1, 0.15) is 6.26 Å². The van der Waals surface area contributed by atoms with Crippen LogP contribution >= 0.6 is 11.6 Å². The second-order valence-corrected chi connectivity index (χ2v) is 2.71. The fourth-order valence-electron chi connectivity index (χ4n) is 1.04. The van der Waals surface area contributed by atoms with Crippen molar-refractivity contribution in [2.24, 2.45) is 0 Å². The summed E-state index contributed by atoms with van der Waals surface area (Å²) in [6.07, 6.45) is 1.50. The first-order chi connectivity index (χ1) is 5.29. The minimum atomic E-state index is 0.596. The molecule has 0 unspecified atom stereocenters. The van der Waals surface area contributed by atoms with Crippen LogP contribution in [0.15, 0.2) is 28.9 Å². The molecular formula is C8H6ClNO. The minimum absolute atomic E-state index is 0.596. The highest BCUT2D eigenvalue weighted by atomic mass is 35.5. The van der Waals surface area contributed by atoms with E-state index in [9.17, 15) is 0 Å². The monoisotopic (exact) mass is 167 g/mol. The minimum Gasteiger partial charge on any atom is -0.461 e. The molecule has 2 nitrogen and oxygen atoms in total. The zero-order valence-corrected chi connectivity index (χ0v) is 6.43. The molecule has 0 radical (unpaired) electrons. The van der Waals surface area contributed by atoms with Crippen LogP contribution in [0.5, 0.6) is 0 Å². The topological polar surface area (TPSA) is 39.2 Å². The summed E-state index contributed by atoms with van der Waals surface area (Å²) in [7, 11) is 0. The first-order valence-electron chi connectivity index (χ1n) is 3.20. The third-order valence-electron chi connectivity index (χ3n) is 1.58. The van der Waals surface area contributed by atoms with Crippen LogP contribution in [0, 0.1) is 0 Å². The second kappa shape index (κ2) is 2.17. The maximum absolute atomic E-state index is 5.82. The molecule has 3 heteroatoms. The van der Waals surface area contributed by atoms with Gasteiger partial charge in [-0.25, -0.2) is 0 Å². The predicted molar refractivity (Wildman–Crippen MR) is 45.6 cm³/mol. The molecular weight excluding hydrogens is 162 g/mol. The van der Waals surface area contributed by atoms with E-state index in [1.165, 1.54) is 6.26 Å². The number of nitrogens with two attached hydrogens (primary N) is 1. The van der Waals surface area contributed by atoms with Gasteiger partial charge in [-0.1, -0.05) is 17.7 Å². The van der Waals surface area contributed by atoms with Gasteiger partial charge in [-0.05, 0) is 12.1 Å². The Labute approximate surface area is 68.6 Å². The summed E-state index contributed by atoms with van der Waals surface area (Å²) in [5.41, 5.74) is 6.88. The van der Waals surface area contributed by atoms with Gasteiger partial charge in [-0.3, -0.25) is 0 Å². The SMILES string of the molecule is Nc1coc2c(Cl)cccc12. The molecule has 11 heavy (non-hydrogen) atoms. The van der Waals surface area contributed by atoms with Crippen LogP contribution in [0.25, 0.3) is 11.0 Å². The van der Waals surface area contributed by atoms with E-state index in [0.29, 0.717) is 16.3 Å². The average molecular weight is 168 g/mol. The molecule has 0 saturated heterocycles. The van der Waals surface area contributed by atoms with E-state index in [-0.39, 0.29) is 0 Å². The quantitative estimate of drug-likeness (QED) is 0.655. The van der Waals surface area contributed by atoms with Crippen molar-refractivity contribution < 1.29 is 4.42 Å². The summed E-state index contributed by atoms with van der Waals surface area (Å²) in [4.78, 5) is 0. The van der Waals surface area contributed by atoms with E-state index < -0.39 is 0 Å². The van der Waals surface area contributed by atoms with Crippen LogP contribution in [0.1, 0.15) is 0 Å². The van der Waals surface area contributed by atoms with Crippen LogP contribution in [-0.4, -0.2) is 0 Å². The number of benzene rings is 1. The Morgan fingerprint density at radius 3 is 2.91 bits per heavy atom. The zero-order chi connectivity index (χ0) is 7.84. The van der Waals surface area contributed by atoms with E-state index >= 15 is 0 Å². The van der Waals surface area contributed by atoms with Crippen molar-refractivity contribution in [2.45, 2.75) is 0 Å². The fraction of sp³-hybridized carbons (Fsp3) is 0. The van der Waals surface area contributed by atoms with Crippen molar-refractivity contribution in [3.8, 4) is 0 Å². The Kier molecular flexibility index (Phi) is 1.29. The van der Waals surface area contributed by atoms with Gasteiger partial charge in [-0.15, -0.1) is 0 Å². The van der Waals surface area contributed by atoms with Crippen LogP contribution in [-0.2, 0) is 0 Å². The molecule has 0 fully saturated rings. The largest absolute Gasteiger partial charge is 0.461 e. The molecule has 0 saturated carbocycles. The summed E-state index contributed by atoms with van der Waals surface area (Å²) in [5, 5.41) is 1.47. The molecule has 56 valence electrons. The van der Waals surface area contributed by atoms with E-state index in [1.54, 1.807) is 6.07 Å². The average Bonchev–Trinajstić information content (AvgIpc) is 2.35. The highest BCUT2D eigenvalue weighted by molar-refractivity contribution is 6.35. The molecule has 1 aromatic carbocycles. The molecule has 0 aliphatic heterocycles. The summed E-state index contributed by atoms with van der Waals surface area (Å²) in [5.74, 6) is 0. The molecule has 0 amide bonds. The molecule has 2 rings (SSSR count). The van der Waals surface area contributed by atoms with Crippen molar-refractivity contribution in [3.63, 3.8) is 0 Å². The van der Waals surface area contributed by atoms with Gasteiger partial charge >= 0.3 is 0 Å². The van der Waals surface area contributed by atoms with E-state index in [4.69, 9.17) is 21.8 Å². The first-order valence-corrected chi connectivity index (χ1v) is 3.58. The number of nitrogen functional groups attached to an aromatic ring is 1. The maximum atomic E-state index is 5.82. The fourth-order valence-corrected chi connectivity index (χ4v) is 1.26. The van der Waals surface area contributed by atoms with Gasteiger partial charge in [0.2, 0.25) is 0 Å². The number of fused-ring (bicyclic) bond motifs is 1. The van der Waals surface area contributed by atoms with Crippen molar-refractivity contribution in [2.75, 3.05) is 5.73 Å². The lowest BCUT2D eigenvalue weighted by atomic mass is 10.2. The van der Waals surface area contributed by atoms with E-state index in [2.05, 4.69) is 0 Å². The zero-order valence-electron chi connectivity index (χ0n) is 5.67. The van der Waals surface area contributed by atoms with Crippen LogP contribution < -0.4 is 5.73 Å². The predicted octanol–water partition coefficient (Wildman–Crippen LogP) is 2.67. The van der Waals surface area contributed by atoms with Crippen LogP contribution in [0.2, 0.25) is 5.02 Å². The van der Waals surface area contributed by atoms with E-state index in [1.807, 2.05) is 12.1 Å². The van der Waals surface area contributed by atoms with Crippen LogP contribution in [0.3, 0.4) is 0 Å². The molecule has 1 heterocycles. The van der Waals surface area contributed by atoms with Crippen molar-refractivity contribution in [1.82, 2.24) is 0 Å². The second-order valence-electron chi connectivity index (χ2n) is 2.31. The Bertz CT molecular complexity index is 394. The number of hydrogen-bond donors (Lipinski definition) is 1. The van der Waals surface area contributed by atoms with Gasteiger partial charge in [0.05, 0.1) is 10.7 Å². The van der Waals surface area contributed by atoms with Crippen molar-refractivity contribution in [1.29, 1.82) is 0 Å². The molecule has 0 bridgehead atoms. The standard InChI is InChI=1S/C8H6ClNO/c9-6-3-1-2-5-7(10)4-11-8(5)6/h1-4H,10H2. The Morgan fingerprint density at radius 1 is 1.36 bits per heavy atom. The number of anilines is 1. The summed E-state index contributed by atoms with van der Waals surface area (Å²) >= 11 is 5.82. The van der Waals surface area contributed by atoms with Gasteiger partial charge in [0.15, 0.2) is 5.58 Å². The summed E-state index contributed by atoms with van der Waals surface area (Å²) in [6.45, 7) is 0. The lowest BCUT2D eigenvalue weighted by Gasteiger charge is -1.90. The van der Waals surface area contributed by atoms with Gasteiger partial charge in [0.25, 0.3) is 0 Å². The van der Waals surface area contributed by atoms with Crippen molar-refractivity contribution in [3.05, 3.63) is 29.5 Å². The van der Waals surface area contributed by atoms with Gasteiger partial charge < -0.3 is 10.2 Å². The Balaban J connectivity index is 2.94. The van der Waals surface area contributed by atoms with E-state index in [0.717, 1.165) is 5.39 Å². The molecule has 2 aromatic rings. The molecule has 0 spiro atoms. The smallest absolute Gasteiger partial charge is 0.154 e. The highest BCUT2D eigenvalue weighted by Crippen LogP contribution is 2.28. The Hall–Kier alpha value is -1.15. The number of rotatable bonds is 0. The third kappa shape index (κ3) is 0.870. The third-order valence-corrected chi connectivity index (χ3v) is 1.88. The number of hydrogen-bond acceptors (Lipinski definition) is 2. The van der Waals surface area contributed by atoms with Gasteiger partial charge in [0, 0.05) is 5.39 Å². The lowest BCUT2D eigenvalue weighted by molar-refractivity contribution is 0.617. The number of para-hydroxylation sites is 1. The number of halogens is 1. The maximum Gasteiger partial charge on any atom is 0.154 e. The van der Waals surface area contributed by atoms with Crippen molar-refractivity contribution >= 4 is 28.3 Å². The summed E-state index contributed by atoms with van der Waals surface area (Å²) < 4.78 is 5.12. The lowest BCUT2D eigenvalue weighted by Crippen LogP contribution is -1.79. The molecule has 1 aromatic heterocycles. The first kappa shape index (κ1) is 6.55. The molecule has 0 aliphatic rings. The molecule has 0 atom stereocenters.